The van der Waals surface area contributed by atoms with Crippen LogP contribution in [0.4, 0.5) is 0 Å². The van der Waals surface area contributed by atoms with Gasteiger partial charge in [0.15, 0.2) is 5.96 Å². The van der Waals surface area contributed by atoms with Gasteiger partial charge in [0, 0.05) is 53.5 Å². The molecule has 0 saturated heterocycles. The van der Waals surface area contributed by atoms with Crippen molar-refractivity contribution in [1.29, 1.82) is 0 Å². The first-order chi connectivity index (χ1) is 12.6. The molecule has 0 heterocycles. The van der Waals surface area contributed by atoms with Crippen molar-refractivity contribution in [2.24, 2.45) is 4.99 Å². The van der Waals surface area contributed by atoms with E-state index in [1.54, 1.807) is 7.11 Å². The third kappa shape index (κ3) is 9.75. The fourth-order valence-electron chi connectivity index (χ4n) is 2.62. The number of benzene rings is 1. The number of aliphatic imine (C=N–C) groups is 1. The monoisotopic (exact) mass is 363 g/mol. The maximum Gasteiger partial charge on any atom is 0.191 e. The minimum absolute atomic E-state index is 0.771. The van der Waals surface area contributed by atoms with Gasteiger partial charge in [0.25, 0.3) is 0 Å². The number of likely N-dealkylation sites (N-methyl/N-ethyl adjacent to an activating group) is 1. The van der Waals surface area contributed by atoms with Gasteiger partial charge in [-0.3, -0.25) is 4.99 Å². The van der Waals surface area contributed by atoms with E-state index in [0.29, 0.717) is 0 Å². The molecule has 26 heavy (non-hydrogen) atoms. The molecule has 2 N–H and O–H groups in total. The van der Waals surface area contributed by atoms with Crippen LogP contribution < -0.4 is 10.6 Å². The van der Waals surface area contributed by atoms with Crippen LogP contribution >= 0.6 is 0 Å². The number of guanidine groups is 1. The van der Waals surface area contributed by atoms with Gasteiger partial charge >= 0.3 is 0 Å². The molecule has 0 aliphatic heterocycles. The van der Waals surface area contributed by atoms with E-state index < -0.39 is 0 Å². The average molecular weight is 364 g/mol. The summed E-state index contributed by atoms with van der Waals surface area (Å²) >= 11 is 0. The minimum Gasteiger partial charge on any atom is -0.385 e. The molecule has 1 aromatic rings. The molecule has 0 atom stereocenters. The van der Waals surface area contributed by atoms with E-state index >= 15 is 0 Å². The van der Waals surface area contributed by atoms with Gasteiger partial charge in [-0.25, -0.2) is 0 Å². The molecule has 0 spiro atoms. The molecule has 6 nitrogen and oxygen atoms in total. The van der Waals surface area contributed by atoms with Crippen molar-refractivity contribution in [3.63, 3.8) is 0 Å². The Kier molecular flexibility index (Phi) is 11.7. The summed E-state index contributed by atoms with van der Waals surface area (Å²) < 4.78 is 5.09. The number of hydrogen-bond donors (Lipinski definition) is 2. The van der Waals surface area contributed by atoms with Gasteiger partial charge in [0.2, 0.25) is 0 Å². The second-order valence-corrected chi connectivity index (χ2v) is 6.65. The minimum atomic E-state index is 0.771. The molecule has 0 aromatic heterocycles. The lowest BCUT2D eigenvalue weighted by molar-refractivity contribution is 0.180. The van der Waals surface area contributed by atoms with Crippen LogP contribution in [0.2, 0.25) is 0 Å². The van der Waals surface area contributed by atoms with Crippen molar-refractivity contribution in [3.8, 4) is 0 Å². The van der Waals surface area contributed by atoms with Crippen LogP contribution in [0.5, 0.6) is 0 Å². The fourth-order valence-corrected chi connectivity index (χ4v) is 2.62. The molecule has 0 saturated carbocycles. The van der Waals surface area contributed by atoms with E-state index in [9.17, 15) is 0 Å². The van der Waals surface area contributed by atoms with E-state index in [1.807, 2.05) is 7.05 Å². The Morgan fingerprint density at radius 2 is 1.88 bits per heavy atom. The number of hydrogen-bond acceptors (Lipinski definition) is 4. The van der Waals surface area contributed by atoms with Crippen molar-refractivity contribution < 1.29 is 4.74 Å². The van der Waals surface area contributed by atoms with Gasteiger partial charge in [-0.2, -0.15) is 0 Å². The SMILES string of the molecule is CCN(C)Cc1cccc(CNC(=NC)NCCN(C)CCCOC)c1. The number of rotatable bonds is 12. The van der Waals surface area contributed by atoms with E-state index in [4.69, 9.17) is 4.74 Å². The first kappa shape index (κ1) is 22.4. The lowest BCUT2D eigenvalue weighted by Crippen LogP contribution is -2.40. The summed E-state index contributed by atoms with van der Waals surface area (Å²) in [6.45, 7) is 8.68. The molecule has 0 aliphatic carbocycles. The maximum atomic E-state index is 5.09. The Morgan fingerprint density at radius 3 is 2.58 bits per heavy atom. The molecule has 0 fully saturated rings. The predicted molar refractivity (Wildman–Crippen MR) is 111 cm³/mol. The third-order valence-corrected chi connectivity index (χ3v) is 4.34. The Bertz CT molecular complexity index is 521. The number of nitrogens with zero attached hydrogens (tertiary/aromatic N) is 3. The van der Waals surface area contributed by atoms with Gasteiger partial charge in [-0.15, -0.1) is 0 Å². The lowest BCUT2D eigenvalue weighted by atomic mass is 10.1. The summed E-state index contributed by atoms with van der Waals surface area (Å²) in [6, 6.07) is 8.72. The molecule has 1 rings (SSSR count). The molecule has 0 unspecified atom stereocenters. The highest BCUT2D eigenvalue weighted by molar-refractivity contribution is 5.79. The number of nitrogens with one attached hydrogen (secondary N) is 2. The quantitative estimate of drug-likeness (QED) is 0.337. The summed E-state index contributed by atoms with van der Waals surface area (Å²) in [6.07, 6.45) is 1.06. The van der Waals surface area contributed by atoms with Crippen LogP contribution in [0, 0.1) is 0 Å². The number of ether oxygens (including phenoxy) is 1. The second kappa shape index (κ2) is 13.6. The van der Waals surface area contributed by atoms with Crippen molar-refractivity contribution in [1.82, 2.24) is 20.4 Å². The fraction of sp³-hybridized carbons (Fsp3) is 0.650. The Balaban J connectivity index is 2.34. The second-order valence-electron chi connectivity index (χ2n) is 6.65. The van der Waals surface area contributed by atoms with E-state index in [0.717, 1.165) is 58.3 Å². The molecule has 0 bridgehead atoms. The van der Waals surface area contributed by atoms with Gasteiger partial charge in [0.05, 0.1) is 0 Å². The third-order valence-electron chi connectivity index (χ3n) is 4.34. The van der Waals surface area contributed by atoms with Gasteiger partial charge in [0.1, 0.15) is 0 Å². The van der Waals surface area contributed by atoms with Crippen LogP contribution in [-0.2, 0) is 17.8 Å². The van der Waals surface area contributed by atoms with Crippen LogP contribution in [0.1, 0.15) is 24.5 Å². The zero-order valence-corrected chi connectivity index (χ0v) is 17.2. The molecule has 0 aliphatic rings. The Hall–Kier alpha value is -1.63. The lowest BCUT2D eigenvalue weighted by Gasteiger charge is -2.18. The zero-order valence-electron chi connectivity index (χ0n) is 17.2. The smallest absolute Gasteiger partial charge is 0.191 e. The van der Waals surface area contributed by atoms with Gasteiger partial charge < -0.3 is 25.2 Å². The molecule has 6 heteroatoms. The van der Waals surface area contributed by atoms with Crippen LogP contribution in [0.3, 0.4) is 0 Å². The van der Waals surface area contributed by atoms with Crippen LogP contribution in [0.25, 0.3) is 0 Å². The highest BCUT2D eigenvalue weighted by atomic mass is 16.5. The van der Waals surface area contributed by atoms with Crippen molar-refractivity contribution in [2.75, 3.05) is 61.0 Å². The topological polar surface area (TPSA) is 52.1 Å². The summed E-state index contributed by atoms with van der Waals surface area (Å²) in [5.41, 5.74) is 2.61. The van der Waals surface area contributed by atoms with Crippen LogP contribution in [0.15, 0.2) is 29.3 Å². The maximum absolute atomic E-state index is 5.09. The van der Waals surface area contributed by atoms with Crippen LogP contribution in [-0.4, -0.2) is 76.8 Å². The van der Waals surface area contributed by atoms with Gasteiger partial charge in [-0.05, 0) is 38.2 Å². The van der Waals surface area contributed by atoms with E-state index in [-0.39, 0.29) is 0 Å². The van der Waals surface area contributed by atoms with Crippen molar-refractivity contribution >= 4 is 5.96 Å². The largest absolute Gasteiger partial charge is 0.385 e. The highest BCUT2D eigenvalue weighted by Crippen LogP contribution is 2.07. The Morgan fingerprint density at radius 1 is 1.12 bits per heavy atom. The molecular weight excluding hydrogens is 326 g/mol. The van der Waals surface area contributed by atoms with Gasteiger partial charge in [-0.1, -0.05) is 31.2 Å². The molecule has 1 aromatic carbocycles. The molecular formula is C20H37N5O. The first-order valence-corrected chi connectivity index (χ1v) is 9.47. The number of methoxy groups -OCH3 is 1. The normalized spacial score (nSPS) is 12.0. The predicted octanol–water partition coefficient (Wildman–Crippen LogP) is 1.77. The summed E-state index contributed by atoms with van der Waals surface area (Å²) in [5, 5.41) is 6.77. The standard InChI is InChI=1S/C20H37N5O/c1-6-24(3)17-19-10-7-9-18(15-19)16-23-20(21-2)22-11-13-25(4)12-8-14-26-5/h7,9-10,15H,6,8,11-14,16-17H2,1-5H3,(H2,21,22,23). The van der Waals surface area contributed by atoms with E-state index in [2.05, 4.69) is 70.7 Å². The zero-order chi connectivity index (χ0) is 19.2. The summed E-state index contributed by atoms with van der Waals surface area (Å²) in [5.74, 6) is 0.839. The summed E-state index contributed by atoms with van der Waals surface area (Å²) in [4.78, 5) is 8.91. The molecule has 148 valence electrons. The Labute approximate surface area is 159 Å². The van der Waals surface area contributed by atoms with Crippen molar-refractivity contribution in [2.45, 2.75) is 26.4 Å². The highest BCUT2D eigenvalue weighted by Gasteiger charge is 2.03. The molecule has 0 radical (unpaired) electrons. The molecule has 0 amide bonds. The van der Waals surface area contributed by atoms with Crippen molar-refractivity contribution in [3.05, 3.63) is 35.4 Å². The average Bonchev–Trinajstić information content (AvgIpc) is 2.65. The summed E-state index contributed by atoms with van der Waals surface area (Å²) in [7, 11) is 7.83. The van der Waals surface area contributed by atoms with E-state index in [1.165, 1.54) is 11.1 Å². The first-order valence-electron chi connectivity index (χ1n) is 9.47.